The fourth-order valence-electron chi connectivity index (χ4n) is 3.25. The van der Waals surface area contributed by atoms with Crippen molar-refractivity contribution in [2.75, 3.05) is 0 Å². The number of hydrogen-bond acceptors (Lipinski definition) is 6. The number of aliphatic imine (C=N–C) groups is 1. The molecule has 6 nitrogen and oxygen atoms in total. The molecule has 0 radical (unpaired) electrons. The molecule has 0 aliphatic carbocycles. The van der Waals surface area contributed by atoms with Crippen LogP contribution in [-0.4, -0.2) is 21.6 Å². The molecule has 130 valence electrons. The van der Waals surface area contributed by atoms with Gasteiger partial charge in [0.2, 0.25) is 0 Å². The van der Waals surface area contributed by atoms with E-state index in [0.29, 0.717) is 29.0 Å². The Balaban J connectivity index is 1.75. The second kappa shape index (κ2) is 6.55. The number of pyridine rings is 1. The largest absolute Gasteiger partial charge is 0.443 e. The summed E-state index contributed by atoms with van der Waals surface area (Å²) in [6, 6.07) is 9.17. The van der Waals surface area contributed by atoms with E-state index >= 15 is 0 Å². The second-order valence-electron chi connectivity index (χ2n) is 6.23. The van der Waals surface area contributed by atoms with Gasteiger partial charge in [-0.15, -0.1) is 0 Å². The van der Waals surface area contributed by atoms with Gasteiger partial charge in [-0.2, -0.15) is 0 Å². The highest BCUT2D eigenvalue weighted by Gasteiger charge is 2.30. The Labute approximate surface area is 150 Å². The van der Waals surface area contributed by atoms with Gasteiger partial charge in [0.25, 0.3) is 0 Å². The lowest BCUT2D eigenvalue weighted by molar-refractivity contribution is 0.0598. The van der Waals surface area contributed by atoms with E-state index in [1.54, 1.807) is 18.3 Å². The number of benzene rings is 1. The lowest BCUT2D eigenvalue weighted by atomic mass is 9.88. The highest BCUT2D eigenvalue weighted by molar-refractivity contribution is 5.91. The number of oxazole rings is 1. The van der Waals surface area contributed by atoms with Crippen molar-refractivity contribution in [1.29, 1.82) is 0 Å². The molecule has 2 aromatic heterocycles. The molecular formula is C20H17N3O3. The summed E-state index contributed by atoms with van der Waals surface area (Å²) in [7, 11) is 0. The minimum absolute atomic E-state index is 0.162. The van der Waals surface area contributed by atoms with Crippen LogP contribution in [-0.2, 0) is 4.74 Å². The number of rotatable bonds is 3. The number of allylic oxidation sites excluding steroid dienone is 2. The van der Waals surface area contributed by atoms with Crippen LogP contribution in [0.25, 0.3) is 11.1 Å². The monoisotopic (exact) mass is 347 g/mol. The van der Waals surface area contributed by atoms with Gasteiger partial charge in [-0.25, -0.2) is 9.78 Å². The zero-order valence-corrected chi connectivity index (χ0v) is 14.5. The van der Waals surface area contributed by atoms with Crippen LogP contribution in [0.3, 0.4) is 0 Å². The van der Waals surface area contributed by atoms with Crippen molar-refractivity contribution in [3.63, 3.8) is 0 Å². The fourth-order valence-corrected chi connectivity index (χ4v) is 3.25. The summed E-state index contributed by atoms with van der Waals surface area (Å²) in [6.45, 7) is 3.82. The van der Waals surface area contributed by atoms with Crippen LogP contribution in [0.4, 0.5) is 0 Å². The van der Waals surface area contributed by atoms with Crippen LogP contribution in [0.5, 0.6) is 0 Å². The highest BCUT2D eigenvalue weighted by Crippen LogP contribution is 2.38. The molecule has 4 rings (SSSR count). The zero-order valence-electron chi connectivity index (χ0n) is 14.5. The molecule has 1 aromatic carbocycles. The summed E-state index contributed by atoms with van der Waals surface area (Å²) >= 11 is 0. The normalized spacial score (nSPS) is 17.3. The molecule has 3 heterocycles. The quantitative estimate of drug-likeness (QED) is 0.662. The van der Waals surface area contributed by atoms with Crippen molar-refractivity contribution in [2.24, 2.45) is 4.99 Å². The number of carbonyl (C=O) groups excluding carboxylic acids is 1. The summed E-state index contributed by atoms with van der Waals surface area (Å²) < 4.78 is 11.3. The first-order valence-electron chi connectivity index (χ1n) is 8.32. The molecule has 6 heteroatoms. The van der Waals surface area contributed by atoms with Crippen molar-refractivity contribution in [2.45, 2.75) is 26.2 Å². The van der Waals surface area contributed by atoms with E-state index in [4.69, 9.17) is 9.15 Å². The maximum Gasteiger partial charge on any atom is 0.344 e. The van der Waals surface area contributed by atoms with Gasteiger partial charge in [0.15, 0.2) is 12.0 Å². The van der Waals surface area contributed by atoms with E-state index in [2.05, 4.69) is 15.0 Å². The van der Waals surface area contributed by atoms with Crippen LogP contribution < -0.4 is 0 Å². The molecule has 0 spiro atoms. The maximum atomic E-state index is 12.5. The number of esters is 1. The molecule has 1 atom stereocenters. The maximum absolute atomic E-state index is 12.5. The van der Waals surface area contributed by atoms with Crippen LogP contribution >= 0.6 is 0 Å². The molecule has 0 amide bonds. The van der Waals surface area contributed by atoms with Gasteiger partial charge >= 0.3 is 5.97 Å². The van der Waals surface area contributed by atoms with Crippen LogP contribution in [0, 0.1) is 0 Å². The van der Waals surface area contributed by atoms with Crippen molar-refractivity contribution in [3.05, 3.63) is 71.7 Å². The Morgan fingerprint density at radius 1 is 1.23 bits per heavy atom. The first-order chi connectivity index (χ1) is 12.6. The van der Waals surface area contributed by atoms with E-state index in [0.717, 1.165) is 16.8 Å². The third kappa shape index (κ3) is 2.90. The van der Waals surface area contributed by atoms with Gasteiger partial charge in [0.05, 0.1) is 17.2 Å². The lowest BCUT2D eigenvalue weighted by Crippen LogP contribution is -2.19. The van der Waals surface area contributed by atoms with Crippen LogP contribution in [0.2, 0.25) is 0 Å². The molecule has 0 saturated carbocycles. The molecule has 3 aromatic rings. The zero-order chi connectivity index (χ0) is 18.1. The number of ether oxygens (including phenoxy) is 1. The van der Waals surface area contributed by atoms with E-state index in [1.807, 2.05) is 32.0 Å². The van der Waals surface area contributed by atoms with E-state index < -0.39 is 5.97 Å². The molecule has 0 bridgehead atoms. The van der Waals surface area contributed by atoms with Gasteiger partial charge < -0.3 is 9.15 Å². The minimum atomic E-state index is -0.447. The second-order valence-corrected chi connectivity index (χ2v) is 6.23. The summed E-state index contributed by atoms with van der Waals surface area (Å²) in [5.74, 6) is -0.0740. The van der Waals surface area contributed by atoms with Crippen molar-refractivity contribution < 1.29 is 13.9 Å². The van der Waals surface area contributed by atoms with Gasteiger partial charge in [0, 0.05) is 23.7 Å². The fraction of sp³-hybridized carbons (Fsp3) is 0.200. The minimum Gasteiger partial charge on any atom is -0.443 e. The topological polar surface area (TPSA) is 77.6 Å². The number of aromatic nitrogens is 2. The van der Waals surface area contributed by atoms with Gasteiger partial charge in [-0.3, -0.25) is 9.98 Å². The smallest absolute Gasteiger partial charge is 0.344 e. The SMILES string of the molecule is CC1=NC(C)=C(OC(=O)c2cccnc2)C(c2cccc3ncoc23)C1. The number of para-hydroxylation sites is 1. The molecule has 1 unspecified atom stereocenters. The van der Waals surface area contributed by atoms with Gasteiger partial charge in [-0.1, -0.05) is 12.1 Å². The van der Waals surface area contributed by atoms with E-state index in [9.17, 15) is 4.79 Å². The Bertz CT molecular complexity index is 1030. The summed E-state index contributed by atoms with van der Waals surface area (Å²) in [4.78, 5) is 25.3. The number of nitrogens with zero attached hydrogens (tertiary/aromatic N) is 3. The van der Waals surface area contributed by atoms with E-state index in [1.165, 1.54) is 12.6 Å². The number of carbonyl (C=O) groups is 1. The Hall–Kier alpha value is -3.28. The van der Waals surface area contributed by atoms with Gasteiger partial charge in [-0.05, 0) is 38.5 Å². The predicted octanol–water partition coefficient (Wildman–Crippen LogP) is 4.26. The van der Waals surface area contributed by atoms with Crippen molar-refractivity contribution in [3.8, 4) is 0 Å². The van der Waals surface area contributed by atoms with Crippen LogP contribution in [0.1, 0.15) is 42.1 Å². The summed E-state index contributed by atoms with van der Waals surface area (Å²) in [5, 5.41) is 0. The Morgan fingerprint density at radius 2 is 2.12 bits per heavy atom. The van der Waals surface area contributed by atoms with Crippen LogP contribution in [0.15, 0.2) is 70.0 Å². The van der Waals surface area contributed by atoms with Crippen molar-refractivity contribution in [1.82, 2.24) is 9.97 Å². The lowest BCUT2D eigenvalue weighted by Gasteiger charge is -2.25. The first-order valence-corrected chi connectivity index (χ1v) is 8.32. The highest BCUT2D eigenvalue weighted by atomic mass is 16.5. The average Bonchev–Trinajstić information content (AvgIpc) is 3.13. The molecule has 0 N–H and O–H groups in total. The predicted molar refractivity (Wildman–Crippen MR) is 96.8 cm³/mol. The summed E-state index contributed by atoms with van der Waals surface area (Å²) in [6.07, 6.45) is 5.17. The number of hydrogen-bond donors (Lipinski definition) is 0. The van der Waals surface area contributed by atoms with Gasteiger partial charge in [0.1, 0.15) is 11.3 Å². The third-order valence-corrected chi connectivity index (χ3v) is 4.39. The van der Waals surface area contributed by atoms with Crippen molar-refractivity contribution >= 4 is 22.8 Å². The van der Waals surface area contributed by atoms with E-state index in [-0.39, 0.29) is 5.92 Å². The molecule has 0 saturated heterocycles. The molecule has 0 fully saturated rings. The Kier molecular flexibility index (Phi) is 4.08. The molecular weight excluding hydrogens is 330 g/mol. The first kappa shape index (κ1) is 16.2. The molecule has 26 heavy (non-hydrogen) atoms. The third-order valence-electron chi connectivity index (χ3n) is 4.39. The number of fused-ring (bicyclic) bond motifs is 1. The Morgan fingerprint density at radius 3 is 2.92 bits per heavy atom. The standard InChI is InChI=1S/C20H17N3O3/c1-12-9-16(15-6-3-7-17-19(15)25-11-22-17)18(13(2)23-12)26-20(24)14-5-4-8-21-10-14/h3-8,10-11,16H,9H2,1-2H3. The average molecular weight is 347 g/mol. The molecule has 1 aliphatic heterocycles. The molecule has 1 aliphatic rings. The summed E-state index contributed by atoms with van der Waals surface area (Å²) in [5.41, 5.74) is 4.48.